The quantitative estimate of drug-likeness (QED) is 0.364. The van der Waals surface area contributed by atoms with Crippen molar-refractivity contribution in [1.29, 1.82) is 0 Å². The predicted molar refractivity (Wildman–Crippen MR) is 117 cm³/mol. The van der Waals surface area contributed by atoms with Gasteiger partial charge in [0, 0.05) is 5.56 Å². The normalized spacial score (nSPS) is 13.9. The Bertz CT molecular complexity index is 810. The number of unbranched alkanes of at least 4 members (excludes halogenated alkanes) is 7. The molecule has 174 valence electrons. The van der Waals surface area contributed by atoms with Gasteiger partial charge in [-0.25, -0.2) is 0 Å². The van der Waals surface area contributed by atoms with Crippen LogP contribution >= 0.6 is 11.3 Å². The van der Waals surface area contributed by atoms with Gasteiger partial charge in [0.25, 0.3) is 0 Å². The summed E-state index contributed by atoms with van der Waals surface area (Å²) in [6.45, 7) is 3.67. The van der Waals surface area contributed by atoms with Crippen molar-refractivity contribution in [2.24, 2.45) is 5.73 Å². The maximum absolute atomic E-state index is 13.6. The van der Waals surface area contributed by atoms with Crippen LogP contribution in [0.2, 0.25) is 0 Å². The Labute approximate surface area is 185 Å². The molecule has 0 amide bonds. The number of ether oxygens (including phenoxy) is 1. The molecular weight excluding hydrogens is 427 g/mol. The lowest BCUT2D eigenvalue weighted by molar-refractivity contribution is -0.138. The van der Waals surface area contributed by atoms with Crippen LogP contribution in [0.1, 0.15) is 75.8 Å². The molecule has 9 heteroatoms. The van der Waals surface area contributed by atoms with Gasteiger partial charge in [0.2, 0.25) is 0 Å². The number of aromatic nitrogens is 2. The zero-order valence-corrected chi connectivity index (χ0v) is 19.0. The third-order valence-electron chi connectivity index (χ3n) is 5.03. The van der Waals surface area contributed by atoms with Gasteiger partial charge in [-0.15, -0.1) is 10.2 Å². The Morgan fingerprint density at radius 2 is 1.68 bits per heavy atom. The van der Waals surface area contributed by atoms with Crippen LogP contribution in [0.4, 0.5) is 13.2 Å². The highest BCUT2D eigenvalue weighted by Gasteiger charge is 2.35. The predicted octanol–water partition coefficient (Wildman–Crippen LogP) is 5.91. The van der Waals surface area contributed by atoms with Crippen LogP contribution < -0.4 is 10.5 Å². The summed E-state index contributed by atoms with van der Waals surface area (Å²) in [5, 5.41) is 17.9. The van der Waals surface area contributed by atoms with Gasteiger partial charge in [0.05, 0.1) is 24.3 Å². The summed E-state index contributed by atoms with van der Waals surface area (Å²) in [4.78, 5) is 0. The summed E-state index contributed by atoms with van der Waals surface area (Å²) in [5.74, 6) is -0.178. The Morgan fingerprint density at radius 1 is 1.03 bits per heavy atom. The molecule has 0 aliphatic rings. The van der Waals surface area contributed by atoms with E-state index >= 15 is 0 Å². The maximum Gasteiger partial charge on any atom is 0.419 e. The fraction of sp³-hybridized carbons (Fsp3) is 0.636. The molecule has 0 saturated heterocycles. The van der Waals surface area contributed by atoms with Crippen molar-refractivity contribution < 1.29 is 23.0 Å². The molecule has 0 aliphatic heterocycles. The third kappa shape index (κ3) is 7.73. The minimum absolute atomic E-state index is 0.178. The van der Waals surface area contributed by atoms with E-state index < -0.39 is 17.3 Å². The zero-order chi connectivity index (χ0) is 22.9. The van der Waals surface area contributed by atoms with E-state index in [1.807, 2.05) is 0 Å². The lowest BCUT2D eigenvalue weighted by Gasteiger charge is -2.17. The average molecular weight is 460 g/mol. The highest BCUT2D eigenvalue weighted by molar-refractivity contribution is 7.14. The summed E-state index contributed by atoms with van der Waals surface area (Å²) in [6.07, 6.45) is 4.28. The number of benzene rings is 1. The van der Waals surface area contributed by atoms with Gasteiger partial charge in [-0.2, -0.15) is 13.2 Å². The third-order valence-corrected chi connectivity index (χ3v) is 6.28. The van der Waals surface area contributed by atoms with Crippen LogP contribution in [0.5, 0.6) is 5.75 Å². The first kappa shape index (κ1) is 25.5. The lowest BCUT2D eigenvalue weighted by atomic mass is 10.1. The van der Waals surface area contributed by atoms with Crippen molar-refractivity contribution >= 4 is 11.3 Å². The highest BCUT2D eigenvalue weighted by atomic mass is 32.1. The van der Waals surface area contributed by atoms with Crippen molar-refractivity contribution in [3.05, 3.63) is 28.8 Å². The van der Waals surface area contributed by atoms with Crippen molar-refractivity contribution in [3.63, 3.8) is 0 Å². The standard InChI is InChI=1S/C22H32F3N3O2S/c1-3-4-5-6-7-8-9-10-13-30-18-12-11-16(14-17(18)22(23,24)25)19-27-28-20(31-19)21(2,26)15-29/h11-12,14,29H,3-10,13,15,26H2,1-2H3. The number of aliphatic hydroxyl groups excluding tert-OH is 1. The van der Waals surface area contributed by atoms with Crippen LogP contribution in [-0.2, 0) is 11.7 Å². The van der Waals surface area contributed by atoms with Crippen LogP contribution in [-0.4, -0.2) is 28.5 Å². The number of nitrogens with zero attached hydrogens (tertiary/aromatic N) is 2. The van der Waals surface area contributed by atoms with Gasteiger partial charge >= 0.3 is 6.18 Å². The molecule has 0 radical (unpaired) electrons. The fourth-order valence-corrected chi connectivity index (χ4v) is 3.96. The molecule has 1 heterocycles. The Morgan fingerprint density at radius 3 is 2.29 bits per heavy atom. The van der Waals surface area contributed by atoms with Gasteiger partial charge < -0.3 is 15.6 Å². The highest BCUT2D eigenvalue weighted by Crippen LogP contribution is 2.39. The smallest absolute Gasteiger partial charge is 0.419 e. The average Bonchev–Trinajstić information content (AvgIpc) is 3.23. The maximum atomic E-state index is 13.6. The number of halogens is 3. The number of hydrogen-bond donors (Lipinski definition) is 2. The fourth-order valence-electron chi connectivity index (χ4n) is 3.07. The van der Waals surface area contributed by atoms with E-state index in [0.717, 1.165) is 43.1 Å². The van der Waals surface area contributed by atoms with Gasteiger partial charge in [-0.1, -0.05) is 63.2 Å². The molecule has 2 aromatic rings. The minimum atomic E-state index is -4.55. The van der Waals surface area contributed by atoms with Crippen LogP contribution in [0.3, 0.4) is 0 Å². The molecule has 1 aromatic heterocycles. The van der Waals surface area contributed by atoms with Gasteiger partial charge in [0.1, 0.15) is 15.8 Å². The van der Waals surface area contributed by atoms with E-state index in [1.165, 1.54) is 37.8 Å². The number of rotatable bonds is 13. The van der Waals surface area contributed by atoms with Crippen molar-refractivity contribution in [2.75, 3.05) is 13.2 Å². The second-order valence-corrected chi connectivity index (χ2v) is 9.00. The van der Waals surface area contributed by atoms with Crippen LogP contribution in [0.25, 0.3) is 10.6 Å². The number of hydrogen-bond acceptors (Lipinski definition) is 6. The van der Waals surface area contributed by atoms with E-state index in [4.69, 9.17) is 10.5 Å². The summed E-state index contributed by atoms with van der Waals surface area (Å²) < 4.78 is 46.3. The first-order chi connectivity index (χ1) is 14.7. The topological polar surface area (TPSA) is 81.3 Å². The zero-order valence-electron chi connectivity index (χ0n) is 18.2. The van der Waals surface area contributed by atoms with E-state index in [1.54, 1.807) is 6.92 Å². The number of nitrogens with two attached hydrogens (primary N) is 1. The minimum Gasteiger partial charge on any atom is -0.493 e. The Hall–Kier alpha value is -1.71. The molecule has 2 rings (SSSR count). The molecule has 0 saturated carbocycles. The Kier molecular flexibility index (Phi) is 9.71. The molecule has 0 aliphatic carbocycles. The SMILES string of the molecule is CCCCCCCCCCOc1ccc(-c2nnc(C(C)(N)CO)s2)cc1C(F)(F)F. The molecule has 1 unspecified atom stereocenters. The van der Waals surface area contributed by atoms with E-state index in [9.17, 15) is 18.3 Å². The molecule has 0 fully saturated rings. The monoisotopic (exact) mass is 459 g/mol. The van der Waals surface area contributed by atoms with Gasteiger partial charge in [-0.05, 0) is 31.5 Å². The molecule has 0 bridgehead atoms. The summed E-state index contributed by atoms with van der Waals surface area (Å²) in [6, 6.07) is 3.90. The van der Waals surface area contributed by atoms with Gasteiger partial charge in [0.15, 0.2) is 0 Å². The van der Waals surface area contributed by atoms with Crippen LogP contribution in [0.15, 0.2) is 18.2 Å². The molecule has 1 aromatic carbocycles. The first-order valence-electron chi connectivity index (χ1n) is 10.8. The molecule has 5 nitrogen and oxygen atoms in total. The first-order valence-corrected chi connectivity index (χ1v) is 11.6. The second kappa shape index (κ2) is 11.8. The molecule has 1 atom stereocenters. The molecule has 0 spiro atoms. The number of aliphatic hydroxyl groups is 1. The Balaban J connectivity index is 1.99. The van der Waals surface area contributed by atoms with E-state index in [2.05, 4.69) is 17.1 Å². The van der Waals surface area contributed by atoms with E-state index in [-0.39, 0.29) is 24.5 Å². The van der Waals surface area contributed by atoms with Crippen LogP contribution in [0, 0.1) is 0 Å². The molecular formula is C22H32F3N3O2S. The number of alkyl halides is 3. The lowest BCUT2D eigenvalue weighted by Crippen LogP contribution is -2.36. The largest absolute Gasteiger partial charge is 0.493 e. The van der Waals surface area contributed by atoms with E-state index in [0.29, 0.717) is 10.0 Å². The molecule has 31 heavy (non-hydrogen) atoms. The van der Waals surface area contributed by atoms with Gasteiger partial charge in [-0.3, -0.25) is 0 Å². The summed E-state index contributed by atoms with van der Waals surface area (Å²) >= 11 is 1.06. The second-order valence-electron chi connectivity index (χ2n) is 8.02. The summed E-state index contributed by atoms with van der Waals surface area (Å²) in [5.41, 5.74) is 4.28. The van der Waals surface area contributed by atoms with Crippen molar-refractivity contribution in [3.8, 4) is 16.3 Å². The molecule has 3 N–H and O–H groups in total. The van der Waals surface area contributed by atoms with Crippen molar-refractivity contribution in [2.45, 2.75) is 76.9 Å². The van der Waals surface area contributed by atoms with Crippen molar-refractivity contribution in [1.82, 2.24) is 10.2 Å². The summed E-state index contributed by atoms with van der Waals surface area (Å²) in [7, 11) is 0.